The molecule has 1 atom stereocenters. The van der Waals surface area contributed by atoms with Crippen molar-refractivity contribution >= 4 is 0 Å². The van der Waals surface area contributed by atoms with Crippen molar-refractivity contribution in [3.8, 4) is 0 Å². The summed E-state index contributed by atoms with van der Waals surface area (Å²) in [6.07, 6.45) is 8.35. The monoisotopic (exact) mass is 245 g/mol. The van der Waals surface area contributed by atoms with Crippen LogP contribution in [-0.4, -0.2) is 19.7 Å². The quantitative estimate of drug-likeness (QED) is 0.883. The normalized spacial score (nSPS) is 21.2. The molecule has 0 saturated heterocycles. The van der Waals surface area contributed by atoms with Crippen molar-refractivity contribution in [3.05, 3.63) is 29.9 Å². The van der Waals surface area contributed by atoms with Crippen molar-refractivity contribution in [1.29, 1.82) is 0 Å². The highest BCUT2D eigenvalue weighted by molar-refractivity contribution is 5.17. The fraction of sp³-hybridized carbons (Fsp3) is 0.583. The van der Waals surface area contributed by atoms with Gasteiger partial charge in [0.05, 0.1) is 18.2 Å². The first-order chi connectivity index (χ1) is 8.83. The van der Waals surface area contributed by atoms with Gasteiger partial charge in [0, 0.05) is 12.0 Å². The molecule has 2 aromatic heterocycles. The Balaban J connectivity index is 1.63. The lowest BCUT2D eigenvalue weighted by Crippen LogP contribution is -2.17. The van der Waals surface area contributed by atoms with E-state index in [2.05, 4.69) is 19.7 Å². The molecule has 4 rings (SSSR count). The van der Waals surface area contributed by atoms with E-state index < -0.39 is 0 Å². The van der Waals surface area contributed by atoms with Gasteiger partial charge in [0.1, 0.15) is 6.04 Å². The number of rotatable bonds is 4. The van der Waals surface area contributed by atoms with E-state index >= 15 is 0 Å². The minimum atomic E-state index is -0.343. The second kappa shape index (κ2) is 3.65. The summed E-state index contributed by atoms with van der Waals surface area (Å²) >= 11 is 0. The maximum absolute atomic E-state index is 6.22. The summed E-state index contributed by atoms with van der Waals surface area (Å²) < 4.78 is 7.39. The molecule has 2 aliphatic carbocycles. The van der Waals surface area contributed by atoms with Crippen molar-refractivity contribution in [1.82, 2.24) is 19.7 Å². The van der Waals surface area contributed by atoms with Crippen LogP contribution in [0.5, 0.6) is 0 Å². The Bertz CT molecular complexity index is 567. The minimum Gasteiger partial charge on any atom is -0.339 e. The first-order valence-corrected chi connectivity index (χ1v) is 6.43. The number of hydrogen-bond acceptors (Lipinski definition) is 5. The molecule has 2 N–H and O–H groups in total. The molecule has 0 radical (unpaired) electrons. The summed E-state index contributed by atoms with van der Waals surface area (Å²) in [5, 5.41) is 4.00. The second-order valence-corrected chi connectivity index (χ2v) is 5.20. The Morgan fingerprint density at radius 2 is 2.17 bits per heavy atom. The van der Waals surface area contributed by atoms with E-state index in [4.69, 9.17) is 10.3 Å². The van der Waals surface area contributed by atoms with Gasteiger partial charge in [-0.25, -0.2) is 4.98 Å². The average molecular weight is 245 g/mol. The summed E-state index contributed by atoms with van der Waals surface area (Å²) in [6, 6.07) is 0.215. The molecule has 94 valence electrons. The lowest BCUT2D eigenvalue weighted by molar-refractivity contribution is 0.372. The molecular formula is C12H15N5O. The van der Waals surface area contributed by atoms with Crippen molar-refractivity contribution < 1.29 is 4.52 Å². The van der Waals surface area contributed by atoms with Crippen LogP contribution in [0.2, 0.25) is 0 Å². The van der Waals surface area contributed by atoms with Gasteiger partial charge in [-0.05, 0) is 25.7 Å². The van der Waals surface area contributed by atoms with E-state index in [0.717, 1.165) is 24.4 Å². The topological polar surface area (TPSA) is 82.8 Å². The number of imidazole rings is 1. The van der Waals surface area contributed by atoms with Crippen LogP contribution in [-0.2, 0) is 0 Å². The molecule has 2 heterocycles. The molecular weight excluding hydrogens is 230 g/mol. The lowest BCUT2D eigenvalue weighted by Gasteiger charge is -2.10. The molecule has 18 heavy (non-hydrogen) atoms. The number of aromatic nitrogens is 4. The van der Waals surface area contributed by atoms with Gasteiger partial charge in [0.2, 0.25) is 5.89 Å². The molecule has 2 aliphatic rings. The predicted molar refractivity (Wildman–Crippen MR) is 62.8 cm³/mol. The van der Waals surface area contributed by atoms with Crippen LogP contribution in [0, 0.1) is 0 Å². The first kappa shape index (κ1) is 10.3. The van der Waals surface area contributed by atoms with Gasteiger partial charge in [-0.1, -0.05) is 5.16 Å². The van der Waals surface area contributed by atoms with E-state index in [9.17, 15) is 0 Å². The molecule has 0 spiro atoms. The fourth-order valence-corrected chi connectivity index (χ4v) is 2.22. The third kappa shape index (κ3) is 1.64. The Kier molecular flexibility index (Phi) is 2.08. The van der Waals surface area contributed by atoms with Gasteiger partial charge in [-0.3, -0.25) is 0 Å². The molecule has 6 heteroatoms. The summed E-state index contributed by atoms with van der Waals surface area (Å²) in [5.41, 5.74) is 7.19. The zero-order valence-electron chi connectivity index (χ0n) is 9.99. The smallest absolute Gasteiger partial charge is 0.229 e. The first-order valence-electron chi connectivity index (χ1n) is 6.43. The zero-order chi connectivity index (χ0) is 12.1. The van der Waals surface area contributed by atoms with Gasteiger partial charge in [-0.15, -0.1) is 0 Å². The van der Waals surface area contributed by atoms with Gasteiger partial charge < -0.3 is 14.8 Å². The number of nitrogens with two attached hydrogens (primary N) is 1. The van der Waals surface area contributed by atoms with E-state index in [1.165, 1.54) is 12.8 Å². The largest absolute Gasteiger partial charge is 0.339 e. The number of hydrogen-bond donors (Lipinski definition) is 1. The van der Waals surface area contributed by atoms with Gasteiger partial charge in [-0.2, -0.15) is 4.98 Å². The highest BCUT2D eigenvalue weighted by Gasteiger charge is 2.32. The Morgan fingerprint density at radius 3 is 2.89 bits per heavy atom. The van der Waals surface area contributed by atoms with Crippen LogP contribution >= 0.6 is 0 Å². The van der Waals surface area contributed by atoms with E-state index in [-0.39, 0.29) is 6.04 Å². The maximum Gasteiger partial charge on any atom is 0.229 e. The summed E-state index contributed by atoms with van der Waals surface area (Å²) in [4.78, 5) is 8.59. The van der Waals surface area contributed by atoms with Crippen molar-refractivity contribution in [2.24, 2.45) is 5.73 Å². The molecule has 2 fully saturated rings. The van der Waals surface area contributed by atoms with Crippen LogP contribution in [0.4, 0.5) is 0 Å². The molecule has 2 saturated carbocycles. The van der Waals surface area contributed by atoms with Crippen LogP contribution in [0.15, 0.2) is 17.0 Å². The standard InChI is InChI=1S/C12H15N5O/c13-10(9-5-14-6-17(9)8-3-4-8)11-15-12(18-16-11)7-1-2-7/h5-8,10H,1-4,13H2. The maximum atomic E-state index is 6.22. The Hall–Kier alpha value is -1.69. The van der Waals surface area contributed by atoms with E-state index in [1.54, 1.807) is 6.20 Å². The Labute approximate surface area is 104 Å². The van der Waals surface area contributed by atoms with E-state index in [0.29, 0.717) is 17.8 Å². The van der Waals surface area contributed by atoms with Crippen LogP contribution in [0.3, 0.4) is 0 Å². The van der Waals surface area contributed by atoms with Crippen molar-refractivity contribution in [2.45, 2.75) is 43.7 Å². The SMILES string of the molecule is NC(c1noc(C2CC2)n1)c1cncn1C1CC1. The summed E-state index contributed by atoms with van der Waals surface area (Å²) in [5.74, 6) is 1.77. The Morgan fingerprint density at radius 1 is 1.33 bits per heavy atom. The highest BCUT2D eigenvalue weighted by atomic mass is 16.5. The van der Waals surface area contributed by atoms with Crippen molar-refractivity contribution in [3.63, 3.8) is 0 Å². The minimum absolute atomic E-state index is 0.343. The molecule has 1 unspecified atom stereocenters. The number of nitrogens with zero attached hydrogens (tertiary/aromatic N) is 4. The molecule has 0 bridgehead atoms. The second-order valence-electron chi connectivity index (χ2n) is 5.20. The van der Waals surface area contributed by atoms with E-state index in [1.807, 2.05) is 6.33 Å². The van der Waals surface area contributed by atoms with Crippen LogP contribution in [0.1, 0.15) is 61.1 Å². The molecule has 0 aromatic carbocycles. The fourth-order valence-electron chi connectivity index (χ4n) is 2.22. The summed E-state index contributed by atoms with van der Waals surface area (Å²) in [6.45, 7) is 0. The van der Waals surface area contributed by atoms with Crippen LogP contribution < -0.4 is 5.73 Å². The third-order valence-electron chi connectivity index (χ3n) is 3.62. The zero-order valence-corrected chi connectivity index (χ0v) is 9.99. The molecule has 6 nitrogen and oxygen atoms in total. The lowest BCUT2D eigenvalue weighted by atomic mass is 10.2. The predicted octanol–water partition coefficient (Wildman–Crippen LogP) is 1.53. The molecule has 2 aromatic rings. The molecule has 0 aliphatic heterocycles. The van der Waals surface area contributed by atoms with Gasteiger partial charge in [0.15, 0.2) is 5.82 Å². The molecule has 0 amide bonds. The summed E-state index contributed by atoms with van der Waals surface area (Å²) in [7, 11) is 0. The highest BCUT2D eigenvalue weighted by Crippen LogP contribution is 2.40. The van der Waals surface area contributed by atoms with Crippen LogP contribution in [0.25, 0.3) is 0 Å². The third-order valence-corrected chi connectivity index (χ3v) is 3.62. The average Bonchev–Trinajstić information content (AvgIpc) is 3.32. The van der Waals surface area contributed by atoms with Gasteiger partial charge >= 0.3 is 0 Å². The van der Waals surface area contributed by atoms with Crippen molar-refractivity contribution in [2.75, 3.05) is 0 Å². The van der Waals surface area contributed by atoms with Gasteiger partial charge in [0.25, 0.3) is 0 Å².